The molecule has 2 atom stereocenters. The summed E-state index contributed by atoms with van der Waals surface area (Å²) in [5.74, 6) is 0.0666. The molecule has 2 aromatic carbocycles. The molecule has 0 saturated carbocycles. The van der Waals surface area contributed by atoms with Crippen LogP contribution in [0.25, 0.3) is 16.6 Å². The molecule has 34 heavy (non-hydrogen) atoms. The predicted octanol–water partition coefficient (Wildman–Crippen LogP) is 5.55. The lowest BCUT2D eigenvalue weighted by Crippen LogP contribution is -2.36. The number of carbonyl (C=O) groups is 2. The summed E-state index contributed by atoms with van der Waals surface area (Å²) in [5, 5.41) is 12.2. The van der Waals surface area contributed by atoms with Crippen molar-refractivity contribution in [1.29, 1.82) is 0 Å². The summed E-state index contributed by atoms with van der Waals surface area (Å²) in [7, 11) is 0. The Morgan fingerprint density at radius 1 is 1.12 bits per heavy atom. The third kappa shape index (κ3) is 3.88. The van der Waals surface area contributed by atoms with E-state index < -0.39 is 11.5 Å². The van der Waals surface area contributed by atoms with Gasteiger partial charge in [-0.1, -0.05) is 48.1 Å². The van der Waals surface area contributed by atoms with Gasteiger partial charge in [0.05, 0.1) is 22.6 Å². The van der Waals surface area contributed by atoms with Crippen LogP contribution in [0.3, 0.4) is 0 Å². The molecule has 0 aliphatic carbocycles. The number of carbonyl (C=O) groups excluding carboxylic acids is 2. The molecule has 2 aliphatic heterocycles. The largest absolute Gasteiger partial charge is 0.488 e. The van der Waals surface area contributed by atoms with Gasteiger partial charge < -0.3 is 9.47 Å². The van der Waals surface area contributed by atoms with E-state index in [4.69, 9.17) is 9.47 Å². The second-order valence-electron chi connectivity index (χ2n) is 9.29. The van der Waals surface area contributed by atoms with Crippen molar-refractivity contribution in [2.24, 2.45) is 5.92 Å². The van der Waals surface area contributed by atoms with Crippen LogP contribution in [0.2, 0.25) is 0 Å². The molecule has 1 aromatic heterocycles. The summed E-state index contributed by atoms with van der Waals surface area (Å²) in [6.45, 7) is 9.53. The molecule has 0 fully saturated rings. The maximum absolute atomic E-state index is 13.4. The minimum Gasteiger partial charge on any atom is -0.488 e. The van der Waals surface area contributed by atoms with E-state index >= 15 is 0 Å². The number of nitrogens with one attached hydrogen (secondary N) is 1. The molecule has 1 amide bonds. The number of hydrogen-bond acceptors (Lipinski definition) is 7. The first-order valence-corrected chi connectivity index (χ1v) is 12.0. The number of aromatic nitrogens is 2. The van der Waals surface area contributed by atoms with Crippen molar-refractivity contribution in [3.05, 3.63) is 58.7 Å². The fourth-order valence-corrected chi connectivity index (χ4v) is 4.73. The molecule has 8 heteroatoms. The molecule has 1 N–H and O–H groups in total. The fourth-order valence-electron chi connectivity index (χ4n) is 3.99. The maximum Gasteiger partial charge on any atom is 0.261 e. The molecule has 3 heterocycles. The van der Waals surface area contributed by atoms with Gasteiger partial charge in [-0.2, -0.15) is 0 Å². The summed E-state index contributed by atoms with van der Waals surface area (Å²) in [6.07, 6.45) is 3.49. The van der Waals surface area contributed by atoms with Gasteiger partial charge in [0, 0.05) is 5.56 Å². The number of fused-ring (bicyclic) bond motifs is 3. The highest BCUT2D eigenvalue weighted by molar-refractivity contribution is 7.18. The molecule has 3 aromatic rings. The topological polar surface area (TPSA) is 90.4 Å². The molecule has 0 saturated heterocycles. The molecular weight excluding hydrogens is 450 g/mol. The second kappa shape index (κ2) is 8.06. The highest BCUT2D eigenvalue weighted by Gasteiger charge is 2.38. The van der Waals surface area contributed by atoms with Crippen molar-refractivity contribution in [1.82, 2.24) is 10.2 Å². The first-order chi connectivity index (χ1) is 16.1. The van der Waals surface area contributed by atoms with Gasteiger partial charge in [-0.05, 0) is 45.9 Å². The van der Waals surface area contributed by atoms with Crippen LogP contribution in [0, 0.1) is 12.8 Å². The number of benzene rings is 2. The maximum atomic E-state index is 13.4. The molecule has 0 spiro atoms. The minimum absolute atomic E-state index is 0.0543. The van der Waals surface area contributed by atoms with Crippen molar-refractivity contribution < 1.29 is 19.1 Å². The number of Topliss-reactive ketones (excluding diaryl/α,β-unsaturated/α-hetero) is 1. The summed E-state index contributed by atoms with van der Waals surface area (Å²) < 4.78 is 12.3. The average Bonchev–Trinajstić information content (AvgIpc) is 3.25. The molecule has 2 unspecified atom stereocenters. The van der Waals surface area contributed by atoms with Crippen LogP contribution in [-0.4, -0.2) is 33.6 Å². The average molecular weight is 476 g/mol. The van der Waals surface area contributed by atoms with Crippen molar-refractivity contribution in [3.63, 3.8) is 0 Å². The lowest BCUT2D eigenvalue weighted by atomic mass is 9.87. The number of nitrogens with zero attached hydrogens (tertiary/aromatic N) is 2. The van der Waals surface area contributed by atoms with Gasteiger partial charge in [-0.25, -0.2) is 0 Å². The highest BCUT2D eigenvalue weighted by Crippen LogP contribution is 2.45. The standard InChI is InChI=1S/C26H25N3O4S/c1-13-6-8-16(9-7-13)24-28-29-25(34-24)27-23(31)19-12-18-20(30)14(2)15(3)32-21(18)17-10-11-26(4,5)33-22(17)19/h6-12,14-15H,1-5H3,(H,27,29,31). The Morgan fingerprint density at radius 3 is 2.59 bits per heavy atom. The minimum atomic E-state index is -0.616. The zero-order valence-corrected chi connectivity index (χ0v) is 20.4. The third-order valence-electron chi connectivity index (χ3n) is 6.16. The Bertz CT molecular complexity index is 1340. The van der Waals surface area contributed by atoms with Gasteiger partial charge in [0.2, 0.25) is 5.13 Å². The number of ketones is 1. The van der Waals surface area contributed by atoms with Crippen LogP contribution in [0.4, 0.5) is 5.13 Å². The number of aryl methyl sites for hydroxylation is 1. The fraction of sp³-hybridized carbons (Fsp3) is 0.308. The molecule has 7 nitrogen and oxygen atoms in total. The molecule has 0 bridgehead atoms. The molecule has 174 valence electrons. The normalized spacial score (nSPS) is 20.1. The van der Waals surface area contributed by atoms with Gasteiger partial charge >= 0.3 is 0 Å². The van der Waals surface area contributed by atoms with E-state index in [9.17, 15) is 9.59 Å². The van der Waals surface area contributed by atoms with Crippen LogP contribution >= 0.6 is 11.3 Å². The lowest BCUT2D eigenvalue weighted by molar-refractivity contribution is 0.0726. The van der Waals surface area contributed by atoms with Crippen molar-refractivity contribution in [3.8, 4) is 22.1 Å². The Balaban J connectivity index is 1.52. The second-order valence-corrected chi connectivity index (χ2v) is 10.3. The summed E-state index contributed by atoms with van der Waals surface area (Å²) in [6, 6.07) is 9.52. The van der Waals surface area contributed by atoms with Crippen molar-refractivity contribution >= 4 is 34.2 Å². The quantitative estimate of drug-likeness (QED) is 0.534. The lowest BCUT2D eigenvalue weighted by Gasteiger charge is -2.34. The van der Waals surface area contributed by atoms with Crippen molar-refractivity contribution in [2.45, 2.75) is 46.3 Å². The third-order valence-corrected chi connectivity index (χ3v) is 7.05. The zero-order valence-electron chi connectivity index (χ0n) is 19.6. The van der Waals surface area contributed by atoms with E-state index in [1.54, 1.807) is 6.07 Å². The molecular formula is C26H25N3O4S. The van der Waals surface area contributed by atoms with Gasteiger partial charge in [0.1, 0.15) is 28.2 Å². The van der Waals surface area contributed by atoms with Gasteiger partial charge in [0.15, 0.2) is 5.78 Å². The first-order valence-electron chi connectivity index (χ1n) is 11.1. The number of amides is 1. The summed E-state index contributed by atoms with van der Waals surface area (Å²) >= 11 is 1.28. The van der Waals surface area contributed by atoms with E-state index in [0.717, 1.165) is 11.1 Å². The Labute approximate surface area is 201 Å². The SMILES string of the molecule is Cc1ccc(-c2nnc(NC(=O)c3cc4c(c5c3OC(C)(C)C=C5)OC(C)C(C)C4=O)s2)cc1. The number of rotatable bonds is 3. The number of ether oxygens (including phenoxy) is 2. The predicted molar refractivity (Wildman–Crippen MR) is 132 cm³/mol. The van der Waals surface area contributed by atoms with Crippen LogP contribution in [-0.2, 0) is 0 Å². The zero-order chi connectivity index (χ0) is 24.2. The van der Waals surface area contributed by atoms with Crippen LogP contribution in [0.1, 0.15) is 59.5 Å². The molecule has 2 aliphatic rings. The van der Waals surface area contributed by atoms with E-state index in [2.05, 4.69) is 15.5 Å². The molecule has 0 radical (unpaired) electrons. The highest BCUT2D eigenvalue weighted by atomic mass is 32.1. The van der Waals surface area contributed by atoms with Crippen LogP contribution in [0.5, 0.6) is 11.5 Å². The van der Waals surface area contributed by atoms with Crippen LogP contribution in [0.15, 0.2) is 36.4 Å². The first kappa shape index (κ1) is 22.3. The number of anilines is 1. The monoisotopic (exact) mass is 475 g/mol. The van der Waals surface area contributed by atoms with E-state index in [1.165, 1.54) is 11.3 Å². The Kier molecular flexibility index (Phi) is 5.28. The van der Waals surface area contributed by atoms with E-state index in [-0.39, 0.29) is 23.4 Å². The van der Waals surface area contributed by atoms with Crippen LogP contribution < -0.4 is 14.8 Å². The summed E-state index contributed by atoms with van der Waals surface area (Å²) in [4.78, 5) is 26.5. The van der Waals surface area contributed by atoms with Gasteiger partial charge in [0.25, 0.3) is 5.91 Å². The number of hydrogen-bond donors (Lipinski definition) is 1. The van der Waals surface area contributed by atoms with Gasteiger partial charge in [-0.15, -0.1) is 10.2 Å². The summed E-state index contributed by atoms with van der Waals surface area (Å²) in [5.41, 5.74) is 2.72. The van der Waals surface area contributed by atoms with Gasteiger partial charge in [-0.3, -0.25) is 14.9 Å². The smallest absolute Gasteiger partial charge is 0.261 e. The van der Waals surface area contributed by atoms with Crippen molar-refractivity contribution in [2.75, 3.05) is 5.32 Å². The Morgan fingerprint density at radius 2 is 1.85 bits per heavy atom. The molecule has 5 rings (SSSR count). The Hall–Kier alpha value is -3.52. The van der Waals surface area contributed by atoms with E-state index in [1.807, 2.05) is 71.0 Å². The van der Waals surface area contributed by atoms with E-state index in [0.29, 0.717) is 32.8 Å².